The number of hydrogen-bond donors (Lipinski definition) is 0. The van der Waals surface area contributed by atoms with Gasteiger partial charge in [-0.25, -0.2) is 4.98 Å². The second-order valence-electron chi connectivity index (χ2n) is 8.13. The highest BCUT2D eigenvalue weighted by atomic mass is 35.5. The molecule has 0 atom stereocenters. The van der Waals surface area contributed by atoms with Crippen molar-refractivity contribution in [1.29, 1.82) is 0 Å². The molecule has 7 nitrogen and oxygen atoms in total. The molecule has 0 radical (unpaired) electrons. The van der Waals surface area contributed by atoms with Crippen LogP contribution in [-0.2, 0) is 0 Å². The highest BCUT2D eigenvalue weighted by molar-refractivity contribution is 6.30. The SMILES string of the molecule is O=C(c1cccc(Cl)c1)N1CCN(c2ccc(-c3noc(C4CCCC4)n3)cn2)CC1. The second kappa shape index (κ2) is 8.67. The molecule has 0 bridgehead atoms. The van der Waals surface area contributed by atoms with Gasteiger partial charge in [-0.05, 0) is 43.2 Å². The molecule has 2 aromatic heterocycles. The van der Waals surface area contributed by atoms with E-state index in [-0.39, 0.29) is 5.91 Å². The predicted octanol–water partition coefficient (Wildman–Crippen LogP) is 4.41. The number of hydrogen-bond acceptors (Lipinski definition) is 6. The molecule has 1 aliphatic carbocycles. The van der Waals surface area contributed by atoms with Crippen molar-refractivity contribution >= 4 is 23.3 Å². The molecule has 1 aliphatic heterocycles. The van der Waals surface area contributed by atoms with Gasteiger partial charge in [-0.2, -0.15) is 4.98 Å². The normalized spacial score (nSPS) is 17.3. The molecule has 0 N–H and O–H groups in total. The third-order valence-corrected chi connectivity index (χ3v) is 6.35. The van der Waals surface area contributed by atoms with Gasteiger partial charge in [-0.15, -0.1) is 0 Å². The molecule has 1 saturated heterocycles. The molecule has 31 heavy (non-hydrogen) atoms. The van der Waals surface area contributed by atoms with E-state index in [2.05, 4.69) is 20.0 Å². The van der Waals surface area contributed by atoms with E-state index < -0.39 is 0 Å². The summed E-state index contributed by atoms with van der Waals surface area (Å²) >= 11 is 6.02. The van der Waals surface area contributed by atoms with Gasteiger partial charge in [-0.3, -0.25) is 4.79 Å². The molecule has 0 unspecified atom stereocenters. The first-order valence-corrected chi connectivity index (χ1v) is 11.1. The fourth-order valence-electron chi connectivity index (χ4n) is 4.34. The largest absolute Gasteiger partial charge is 0.353 e. The number of pyridine rings is 1. The van der Waals surface area contributed by atoms with E-state index in [1.54, 1.807) is 30.5 Å². The minimum atomic E-state index is 0.0145. The zero-order chi connectivity index (χ0) is 21.2. The fraction of sp³-hybridized carbons (Fsp3) is 0.391. The van der Waals surface area contributed by atoms with E-state index in [0.717, 1.165) is 43.2 Å². The number of carbonyl (C=O) groups is 1. The Labute approximate surface area is 186 Å². The highest BCUT2D eigenvalue weighted by Gasteiger charge is 2.25. The predicted molar refractivity (Wildman–Crippen MR) is 118 cm³/mol. The van der Waals surface area contributed by atoms with Gasteiger partial charge in [0.1, 0.15) is 5.82 Å². The molecule has 160 valence electrons. The molecule has 3 aromatic rings. The Hall–Kier alpha value is -2.93. The van der Waals surface area contributed by atoms with Gasteiger partial charge in [0.05, 0.1) is 0 Å². The summed E-state index contributed by atoms with van der Waals surface area (Å²) in [6.45, 7) is 2.74. The minimum absolute atomic E-state index is 0.0145. The van der Waals surface area contributed by atoms with Gasteiger partial charge in [0, 0.05) is 54.4 Å². The van der Waals surface area contributed by atoms with Gasteiger partial charge in [0.2, 0.25) is 11.7 Å². The number of anilines is 1. The highest BCUT2D eigenvalue weighted by Crippen LogP contribution is 2.34. The Bertz CT molecular complexity index is 1050. The van der Waals surface area contributed by atoms with Crippen LogP contribution in [0.1, 0.15) is 47.8 Å². The van der Waals surface area contributed by atoms with E-state index in [0.29, 0.717) is 35.4 Å². The minimum Gasteiger partial charge on any atom is -0.353 e. The first kappa shape index (κ1) is 20.0. The van der Waals surface area contributed by atoms with Gasteiger partial charge >= 0.3 is 0 Å². The molecule has 1 amide bonds. The average Bonchev–Trinajstić information content (AvgIpc) is 3.51. The molecule has 0 spiro atoms. The summed E-state index contributed by atoms with van der Waals surface area (Å²) in [7, 11) is 0. The van der Waals surface area contributed by atoms with Crippen LogP contribution in [0, 0.1) is 0 Å². The summed E-state index contributed by atoms with van der Waals surface area (Å²) in [5, 5.41) is 4.72. The molecule has 1 saturated carbocycles. The zero-order valence-corrected chi connectivity index (χ0v) is 18.0. The molecule has 2 aliphatic rings. The second-order valence-corrected chi connectivity index (χ2v) is 8.57. The first-order valence-electron chi connectivity index (χ1n) is 10.8. The number of halogens is 1. The Kier molecular flexibility index (Phi) is 5.59. The smallest absolute Gasteiger partial charge is 0.254 e. The Morgan fingerprint density at radius 1 is 1.06 bits per heavy atom. The summed E-state index contributed by atoms with van der Waals surface area (Å²) < 4.78 is 5.48. The van der Waals surface area contributed by atoms with Crippen LogP contribution in [0.25, 0.3) is 11.4 Å². The molecule has 3 heterocycles. The third-order valence-electron chi connectivity index (χ3n) is 6.11. The standard InChI is InChI=1S/C23H24ClN5O2/c24-19-7-3-6-17(14-19)23(30)29-12-10-28(11-13-29)20-9-8-18(15-25-20)21-26-22(31-27-21)16-4-1-2-5-16/h3,6-9,14-16H,1-2,4-5,10-13H2. The average molecular weight is 438 g/mol. The van der Waals surface area contributed by atoms with E-state index >= 15 is 0 Å². The van der Waals surface area contributed by atoms with E-state index in [9.17, 15) is 4.79 Å². The van der Waals surface area contributed by atoms with Crippen molar-refractivity contribution in [2.24, 2.45) is 0 Å². The maximum absolute atomic E-state index is 12.7. The molecular weight excluding hydrogens is 414 g/mol. The number of piperazine rings is 1. The van der Waals surface area contributed by atoms with Crippen molar-refractivity contribution in [3.05, 3.63) is 59.1 Å². The van der Waals surface area contributed by atoms with Crippen LogP contribution in [0.15, 0.2) is 47.1 Å². The summed E-state index contributed by atoms with van der Waals surface area (Å²) in [4.78, 5) is 25.9. The van der Waals surface area contributed by atoms with Gasteiger partial charge in [0.15, 0.2) is 0 Å². The maximum Gasteiger partial charge on any atom is 0.254 e. The lowest BCUT2D eigenvalue weighted by atomic mass is 10.1. The Balaban J connectivity index is 1.21. The van der Waals surface area contributed by atoms with Crippen molar-refractivity contribution < 1.29 is 9.32 Å². The summed E-state index contributed by atoms with van der Waals surface area (Å²) in [6.07, 6.45) is 6.52. The van der Waals surface area contributed by atoms with Crippen molar-refractivity contribution in [1.82, 2.24) is 20.0 Å². The molecular formula is C23H24ClN5O2. The van der Waals surface area contributed by atoms with Crippen LogP contribution in [0.5, 0.6) is 0 Å². The number of amides is 1. The van der Waals surface area contributed by atoms with Crippen LogP contribution in [0.2, 0.25) is 5.02 Å². The third kappa shape index (κ3) is 4.28. The first-order chi connectivity index (χ1) is 15.2. The van der Waals surface area contributed by atoms with E-state index in [1.165, 1.54) is 12.8 Å². The van der Waals surface area contributed by atoms with Gasteiger partial charge in [0.25, 0.3) is 5.91 Å². The van der Waals surface area contributed by atoms with Crippen LogP contribution in [0.3, 0.4) is 0 Å². The molecule has 5 rings (SSSR count). The van der Waals surface area contributed by atoms with Crippen molar-refractivity contribution in [3.8, 4) is 11.4 Å². The van der Waals surface area contributed by atoms with E-state index in [4.69, 9.17) is 16.1 Å². The number of benzene rings is 1. The van der Waals surface area contributed by atoms with Crippen molar-refractivity contribution in [2.75, 3.05) is 31.1 Å². The lowest BCUT2D eigenvalue weighted by Crippen LogP contribution is -2.49. The van der Waals surface area contributed by atoms with E-state index in [1.807, 2.05) is 17.0 Å². The molecule has 1 aromatic carbocycles. The lowest BCUT2D eigenvalue weighted by Gasteiger charge is -2.35. The quantitative estimate of drug-likeness (QED) is 0.602. The Morgan fingerprint density at radius 3 is 2.58 bits per heavy atom. The monoisotopic (exact) mass is 437 g/mol. The van der Waals surface area contributed by atoms with Crippen molar-refractivity contribution in [2.45, 2.75) is 31.6 Å². The summed E-state index contributed by atoms with van der Waals surface area (Å²) in [5.41, 5.74) is 1.48. The molecule has 8 heteroatoms. The summed E-state index contributed by atoms with van der Waals surface area (Å²) in [5.74, 6) is 2.65. The topological polar surface area (TPSA) is 75.4 Å². The summed E-state index contributed by atoms with van der Waals surface area (Å²) in [6, 6.07) is 11.1. The van der Waals surface area contributed by atoms with Gasteiger partial charge < -0.3 is 14.3 Å². The lowest BCUT2D eigenvalue weighted by molar-refractivity contribution is 0.0746. The van der Waals surface area contributed by atoms with Gasteiger partial charge in [-0.1, -0.05) is 35.7 Å². The van der Waals surface area contributed by atoms with Crippen LogP contribution in [0.4, 0.5) is 5.82 Å². The fourth-order valence-corrected chi connectivity index (χ4v) is 4.53. The molecule has 2 fully saturated rings. The zero-order valence-electron chi connectivity index (χ0n) is 17.2. The number of carbonyl (C=O) groups excluding carboxylic acids is 1. The number of rotatable bonds is 4. The van der Waals surface area contributed by atoms with Crippen LogP contribution < -0.4 is 4.90 Å². The number of nitrogens with zero attached hydrogens (tertiary/aromatic N) is 5. The number of aromatic nitrogens is 3. The van der Waals surface area contributed by atoms with Crippen molar-refractivity contribution in [3.63, 3.8) is 0 Å². The van der Waals surface area contributed by atoms with Crippen LogP contribution in [-0.4, -0.2) is 52.1 Å². The van der Waals surface area contributed by atoms with Crippen LogP contribution >= 0.6 is 11.6 Å². The maximum atomic E-state index is 12.7. The Morgan fingerprint density at radius 2 is 1.87 bits per heavy atom.